The molecule has 10 heavy (non-hydrogen) atoms. The second kappa shape index (κ2) is 3.32. The van der Waals surface area contributed by atoms with Gasteiger partial charge in [-0.1, -0.05) is 0 Å². The minimum absolute atomic E-state index is 0.130. The summed E-state index contributed by atoms with van der Waals surface area (Å²) < 4.78 is 5.01. The van der Waals surface area contributed by atoms with Gasteiger partial charge in [0.25, 0.3) is 0 Å². The Balaban J connectivity index is 2.26. The molecule has 3 unspecified atom stereocenters. The van der Waals surface area contributed by atoms with Crippen LogP contribution in [0.25, 0.3) is 0 Å². The fourth-order valence-electron chi connectivity index (χ4n) is 1.19. The number of epoxide rings is 1. The van der Waals surface area contributed by atoms with Crippen molar-refractivity contribution in [2.75, 3.05) is 13.2 Å². The molecule has 1 rings (SSSR count). The quantitative estimate of drug-likeness (QED) is 0.538. The zero-order chi connectivity index (χ0) is 7.56. The Labute approximate surface area is 60.6 Å². The first-order chi connectivity index (χ1) is 4.75. The van der Waals surface area contributed by atoms with Gasteiger partial charge in [0, 0.05) is 12.5 Å². The third-order valence-electron chi connectivity index (χ3n) is 1.92. The van der Waals surface area contributed by atoms with E-state index < -0.39 is 0 Å². The Morgan fingerprint density at radius 2 is 2.30 bits per heavy atom. The Morgan fingerprint density at radius 1 is 1.70 bits per heavy atom. The van der Waals surface area contributed by atoms with E-state index in [9.17, 15) is 0 Å². The normalized spacial score (nSPS) is 29.7. The molecule has 0 aromatic rings. The van der Waals surface area contributed by atoms with E-state index in [1.54, 1.807) is 6.92 Å². The van der Waals surface area contributed by atoms with Crippen molar-refractivity contribution in [3.63, 3.8) is 0 Å². The number of hydrogen-bond acceptors (Lipinski definition) is 3. The lowest BCUT2D eigenvalue weighted by atomic mass is 9.97. The largest absolute Gasteiger partial charge is 0.396 e. The van der Waals surface area contributed by atoms with Gasteiger partial charge in [-0.15, -0.1) is 0 Å². The van der Waals surface area contributed by atoms with Gasteiger partial charge in [0.2, 0.25) is 0 Å². The van der Waals surface area contributed by atoms with E-state index in [1.807, 2.05) is 0 Å². The van der Waals surface area contributed by atoms with Gasteiger partial charge in [0.15, 0.2) is 0 Å². The van der Waals surface area contributed by atoms with Crippen molar-refractivity contribution < 1.29 is 14.9 Å². The lowest BCUT2D eigenvalue weighted by molar-refractivity contribution is 0.0858. The zero-order valence-corrected chi connectivity index (χ0v) is 6.16. The first-order valence-corrected chi connectivity index (χ1v) is 3.66. The summed E-state index contributed by atoms with van der Waals surface area (Å²) in [5.41, 5.74) is 0. The van der Waals surface area contributed by atoms with Crippen LogP contribution in [0.3, 0.4) is 0 Å². The Hall–Kier alpha value is -0.120. The van der Waals surface area contributed by atoms with E-state index in [0.717, 1.165) is 6.61 Å². The van der Waals surface area contributed by atoms with E-state index in [0.29, 0.717) is 6.42 Å². The van der Waals surface area contributed by atoms with Crippen LogP contribution >= 0.6 is 0 Å². The molecular formula is C7H14O3. The van der Waals surface area contributed by atoms with Crippen LogP contribution in [0, 0.1) is 5.92 Å². The Morgan fingerprint density at radius 3 is 2.60 bits per heavy atom. The van der Waals surface area contributed by atoms with Crippen molar-refractivity contribution in [3.05, 3.63) is 0 Å². The van der Waals surface area contributed by atoms with Crippen LogP contribution in [0.5, 0.6) is 0 Å². The Bertz CT molecular complexity index is 97.0. The van der Waals surface area contributed by atoms with Gasteiger partial charge in [-0.3, -0.25) is 0 Å². The van der Waals surface area contributed by atoms with Crippen LogP contribution in [0.4, 0.5) is 0 Å². The monoisotopic (exact) mass is 146 g/mol. The summed E-state index contributed by atoms with van der Waals surface area (Å²) in [7, 11) is 0. The molecule has 3 atom stereocenters. The number of aliphatic hydroxyl groups excluding tert-OH is 2. The van der Waals surface area contributed by atoms with E-state index in [1.165, 1.54) is 0 Å². The molecular weight excluding hydrogens is 132 g/mol. The summed E-state index contributed by atoms with van der Waals surface area (Å²) in [5.74, 6) is 0.130. The van der Waals surface area contributed by atoms with Crippen LogP contribution in [0.1, 0.15) is 13.3 Å². The fraction of sp³-hybridized carbons (Fsp3) is 1.00. The molecule has 0 spiro atoms. The summed E-state index contributed by atoms with van der Waals surface area (Å²) >= 11 is 0. The van der Waals surface area contributed by atoms with Crippen molar-refractivity contribution in [2.45, 2.75) is 25.6 Å². The second-order valence-corrected chi connectivity index (χ2v) is 2.79. The van der Waals surface area contributed by atoms with Crippen molar-refractivity contribution in [1.82, 2.24) is 0 Å². The molecule has 0 radical (unpaired) electrons. The first-order valence-electron chi connectivity index (χ1n) is 3.66. The number of hydrogen-bond donors (Lipinski definition) is 2. The molecule has 1 aliphatic heterocycles. The number of ether oxygens (including phenoxy) is 1. The lowest BCUT2D eigenvalue weighted by Crippen LogP contribution is -2.23. The molecule has 0 aromatic carbocycles. The summed E-state index contributed by atoms with van der Waals surface area (Å²) in [6.07, 6.45) is 0.481. The van der Waals surface area contributed by atoms with Crippen molar-refractivity contribution in [3.8, 4) is 0 Å². The second-order valence-electron chi connectivity index (χ2n) is 2.79. The number of rotatable bonds is 4. The van der Waals surface area contributed by atoms with Gasteiger partial charge in [-0.25, -0.2) is 0 Å². The number of aliphatic hydroxyl groups is 2. The van der Waals surface area contributed by atoms with Crippen molar-refractivity contribution >= 4 is 0 Å². The molecule has 2 N–H and O–H groups in total. The van der Waals surface area contributed by atoms with Crippen LogP contribution < -0.4 is 0 Å². The molecule has 0 aromatic heterocycles. The fourth-order valence-corrected chi connectivity index (χ4v) is 1.19. The average molecular weight is 146 g/mol. The molecule has 0 bridgehead atoms. The van der Waals surface area contributed by atoms with Crippen molar-refractivity contribution in [1.29, 1.82) is 0 Å². The average Bonchev–Trinajstić information content (AvgIpc) is 2.63. The zero-order valence-electron chi connectivity index (χ0n) is 6.16. The molecule has 1 heterocycles. The summed E-state index contributed by atoms with van der Waals surface area (Å²) in [6.45, 7) is 2.62. The third kappa shape index (κ3) is 1.94. The van der Waals surface area contributed by atoms with E-state index in [-0.39, 0.29) is 24.7 Å². The van der Waals surface area contributed by atoms with E-state index in [4.69, 9.17) is 14.9 Å². The van der Waals surface area contributed by atoms with Crippen LogP contribution in [-0.2, 0) is 4.74 Å². The molecule has 60 valence electrons. The molecule has 0 aliphatic carbocycles. The van der Waals surface area contributed by atoms with Gasteiger partial charge in [0.05, 0.1) is 18.8 Å². The maximum atomic E-state index is 9.16. The van der Waals surface area contributed by atoms with Crippen LogP contribution in [-0.4, -0.2) is 35.6 Å². The van der Waals surface area contributed by atoms with Crippen LogP contribution in [0.15, 0.2) is 0 Å². The van der Waals surface area contributed by atoms with Crippen LogP contribution in [0.2, 0.25) is 0 Å². The molecule has 3 nitrogen and oxygen atoms in total. The van der Waals surface area contributed by atoms with Gasteiger partial charge < -0.3 is 14.9 Å². The van der Waals surface area contributed by atoms with Gasteiger partial charge in [-0.2, -0.15) is 0 Å². The summed E-state index contributed by atoms with van der Waals surface area (Å²) in [5, 5.41) is 17.8. The predicted octanol–water partition coefficient (Wildman–Crippen LogP) is -0.235. The molecule has 3 heteroatoms. The highest BCUT2D eigenvalue weighted by atomic mass is 16.6. The molecule has 0 saturated carbocycles. The van der Waals surface area contributed by atoms with Gasteiger partial charge in [-0.05, 0) is 13.3 Å². The Kier molecular flexibility index (Phi) is 2.65. The molecule has 0 amide bonds. The summed E-state index contributed by atoms with van der Waals surface area (Å²) in [4.78, 5) is 0. The van der Waals surface area contributed by atoms with Gasteiger partial charge in [0.1, 0.15) is 0 Å². The maximum absolute atomic E-state index is 9.16. The van der Waals surface area contributed by atoms with Gasteiger partial charge >= 0.3 is 0 Å². The smallest absolute Gasteiger partial charge is 0.0863 e. The van der Waals surface area contributed by atoms with E-state index >= 15 is 0 Å². The van der Waals surface area contributed by atoms with E-state index in [2.05, 4.69) is 0 Å². The van der Waals surface area contributed by atoms with Crippen molar-refractivity contribution in [2.24, 2.45) is 5.92 Å². The lowest BCUT2D eigenvalue weighted by Gasteiger charge is -2.15. The molecule has 1 aliphatic rings. The minimum atomic E-state index is -0.361. The molecule has 1 fully saturated rings. The minimum Gasteiger partial charge on any atom is -0.396 e. The highest BCUT2D eigenvalue weighted by Gasteiger charge is 2.34. The third-order valence-corrected chi connectivity index (χ3v) is 1.92. The highest BCUT2D eigenvalue weighted by Crippen LogP contribution is 2.25. The first kappa shape index (κ1) is 7.98. The summed E-state index contributed by atoms with van der Waals surface area (Å²) in [6, 6.07) is 0. The predicted molar refractivity (Wildman–Crippen MR) is 36.6 cm³/mol. The molecule has 1 saturated heterocycles. The standard InChI is InChI=1S/C7H14O3/c1-5(9)6(2-3-8)7-4-10-7/h5-9H,2-4H2,1H3. The highest BCUT2D eigenvalue weighted by molar-refractivity contribution is 4.82. The maximum Gasteiger partial charge on any atom is 0.0863 e. The SMILES string of the molecule is CC(O)C(CCO)C1CO1. The topological polar surface area (TPSA) is 53.0 Å².